The molecule has 1 aromatic heterocycles. The minimum absolute atomic E-state index is 0.117. The molecule has 0 aromatic carbocycles. The van der Waals surface area contributed by atoms with Crippen LogP contribution in [-0.4, -0.2) is 34.7 Å². The molecule has 0 saturated carbocycles. The number of hydrogen-bond donors (Lipinski definition) is 1. The largest absolute Gasteiger partial charge is 0.460 e. The van der Waals surface area contributed by atoms with Gasteiger partial charge in [0.15, 0.2) is 0 Å². The van der Waals surface area contributed by atoms with Gasteiger partial charge >= 0.3 is 12.0 Å². The van der Waals surface area contributed by atoms with E-state index in [1.165, 1.54) is 23.3 Å². The van der Waals surface area contributed by atoms with Crippen LogP contribution in [0.1, 0.15) is 6.92 Å². The molecule has 0 radical (unpaired) electrons. The van der Waals surface area contributed by atoms with Crippen molar-refractivity contribution in [2.24, 2.45) is 0 Å². The Labute approximate surface area is 92.9 Å². The van der Waals surface area contributed by atoms with Gasteiger partial charge in [-0.2, -0.15) is 0 Å². The van der Waals surface area contributed by atoms with E-state index >= 15 is 0 Å². The second kappa shape index (κ2) is 5.69. The van der Waals surface area contributed by atoms with Gasteiger partial charge in [-0.25, -0.2) is 14.6 Å². The topological polar surface area (TPSA) is 73.2 Å². The molecule has 0 aliphatic rings. The third kappa shape index (κ3) is 3.56. The fraction of sp³-hybridized carbons (Fsp3) is 0.300. The minimum Gasteiger partial charge on any atom is -0.460 e. The summed E-state index contributed by atoms with van der Waals surface area (Å²) < 4.78 is 6.09. The van der Waals surface area contributed by atoms with Crippen molar-refractivity contribution in [3.8, 4) is 0 Å². The maximum absolute atomic E-state index is 11.3. The summed E-state index contributed by atoms with van der Waals surface area (Å²) in [4.78, 5) is 26.0. The van der Waals surface area contributed by atoms with Crippen LogP contribution in [0.15, 0.2) is 30.9 Å². The monoisotopic (exact) mass is 223 g/mol. The van der Waals surface area contributed by atoms with Crippen LogP contribution in [0.4, 0.5) is 4.79 Å². The van der Waals surface area contributed by atoms with Gasteiger partial charge in [0.25, 0.3) is 0 Å². The average molecular weight is 223 g/mol. The standard InChI is InChI=1S/C10H13N3O3/c1-8(2)9(14)16-6-4-12-10(15)13-5-3-11-7-13/h3,5,7H,1,4,6H2,2H3,(H,12,15). The SMILES string of the molecule is C=C(C)C(=O)OCCNC(=O)n1ccnc1. The number of rotatable bonds is 4. The fourth-order valence-electron chi connectivity index (χ4n) is 0.895. The van der Waals surface area contributed by atoms with Crippen molar-refractivity contribution in [1.82, 2.24) is 14.9 Å². The van der Waals surface area contributed by atoms with Crippen LogP contribution >= 0.6 is 0 Å². The summed E-state index contributed by atoms with van der Waals surface area (Å²) in [6.45, 7) is 5.36. The van der Waals surface area contributed by atoms with Crippen LogP contribution in [0.3, 0.4) is 0 Å². The number of amides is 1. The third-order valence-corrected chi connectivity index (χ3v) is 1.70. The van der Waals surface area contributed by atoms with Gasteiger partial charge in [-0.15, -0.1) is 0 Å². The Hall–Kier alpha value is -2.11. The molecule has 86 valence electrons. The molecule has 0 aliphatic carbocycles. The molecule has 6 nitrogen and oxygen atoms in total. The fourth-order valence-corrected chi connectivity index (χ4v) is 0.895. The van der Waals surface area contributed by atoms with E-state index in [1.807, 2.05) is 0 Å². The molecule has 0 saturated heterocycles. The second-order valence-electron chi connectivity index (χ2n) is 3.12. The zero-order valence-corrected chi connectivity index (χ0v) is 8.97. The number of carbonyl (C=O) groups is 2. The van der Waals surface area contributed by atoms with Crippen molar-refractivity contribution in [3.63, 3.8) is 0 Å². The molecule has 6 heteroatoms. The summed E-state index contributed by atoms with van der Waals surface area (Å²) in [5, 5.41) is 2.56. The Balaban J connectivity index is 2.19. The number of esters is 1. The Kier molecular flexibility index (Phi) is 4.26. The molecule has 0 atom stereocenters. The normalized spacial score (nSPS) is 9.56. The zero-order chi connectivity index (χ0) is 12.0. The molecule has 0 bridgehead atoms. The molecule has 1 rings (SSSR count). The lowest BCUT2D eigenvalue weighted by Crippen LogP contribution is -2.31. The van der Waals surface area contributed by atoms with Crippen molar-refractivity contribution < 1.29 is 14.3 Å². The summed E-state index contributed by atoms with van der Waals surface area (Å²) in [5.41, 5.74) is 0.334. The number of carbonyl (C=O) groups excluding carboxylic acids is 2. The highest BCUT2D eigenvalue weighted by Crippen LogP contribution is 1.91. The van der Waals surface area contributed by atoms with E-state index in [0.717, 1.165) is 0 Å². The summed E-state index contributed by atoms with van der Waals surface area (Å²) in [5.74, 6) is -0.461. The first-order valence-electron chi connectivity index (χ1n) is 4.70. The minimum atomic E-state index is -0.461. The molecule has 0 fully saturated rings. The van der Waals surface area contributed by atoms with Gasteiger partial charge in [-0.3, -0.25) is 4.57 Å². The number of nitrogens with one attached hydrogen (secondary N) is 1. The van der Waals surface area contributed by atoms with E-state index in [4.69, 9.17) is 4.74 Å². The van der Waals surface area contributed by atoms with Crippen LogP contribution in [0.5, 0.6) is 0 Å². The smallest absolute Gasteiger partial charge is 0.333 e. The number of aromatic nitrogens is 2. The molecule has 16 heavy (non-hydrogen) atoms. The maximum atomic E-state index is 11.3. The van der Waals surface area contributed by atoms with Crippen molar-refractivity contribution >= 4 is 12.0 Å². The quantitative estimate of drug-likeness (QED) is 0.460. The summed E-state index contributed by atoms with van der Waals surface area (Å²) in [6.07, 6.45) is 4.41. The summed E-state index contributed by atoms with van der Waals surface area (Å²) in [6, 6.07) is -0.316. The zero-order valence-electron chi connectivity index (χ0n) is 8.97. The maximum Gasteiger partial charge on any atom is 0.333 e. The van der Waals surface area contributed by atoms with Crippen LogP contribution in [0.2, 0.25) is 0 Å². The van der Waals surface area contributed by atoms with E-state index in [0.29, 0.717) is 5.57 Å². The van der Waals surface area contributed by atoms with Gasteiger partial charge in [-0.1, -0.05) is 6.58 Å². The lowest BCUT2D eigenvalue weighted by molar-refractivity contribution is -0.138. The first kappa shape index (κ1) is 12.0. The predicted molar refractivity (Wildman–Crippen MR) is 56.8 cm³/mol. The number of hydrogen-bond acceptors (Lipinski definition) is 4. The summed E-state index contributed by atoms with van der Waals surface area (Å²) in [7, 11) is 0. The molecule has 1 aromatic rings. The highest BCUT2D eigenvalue weighted by atomic mass is 16.5. The van der Waals surface area contributed by atoms with Crippen molar-refractivity contribution in [3.05, 3.63) is 30.9 Å². The Bertz CT molecular complexity index is 384. The molecular weight excluding hydrogens is 210 g/mol. The number of ether oxygens (including phenoxy) is 1. The van der Waals surface area contributed by atoms with E-state index in [-0.39, 0.29) is 19.2 Å². The lowest BCUT2D eigenvalue weighted by atomic mass is 10.4. The average Bonchev–Trinajstić information content (AvgIpc) is 2.76. The first-order valence-corrected chi connectivity index (χ1v) is 4.70. The Morgan fingerprint density at radius 1 is 1.56 bits per heavy atom. The third-order valence-electron chi connectivity index (χ3n) is 1.70. The van der Waals surface area contributed by atoms with Gasteiger partial charge in [0, 0.05) is 18.0 Å². The van der Waals surface area contributed by atoms with E-state index < -0.39 is 5.97 Å². The lowest BCUT2D eigenvalue weighted by Gasteiger charge is -2.06. The second-order valence-corrected chi connectivity index (χ2v) is 3.12. The molecule has 1 heterocycles. The van der Waals surface area contributed by atoms with Crippen LogP contribution in [-0.2, 0) is 9.53 Å². The van der Waals surface area contributed by atoms with Gasteiger partial charge in [0.05, 0.1) is 6.54 Å². The molecule has 1 amide bonds. The summed E-state index contributed by atoms with van der Waals surface area (Å²) >= 11 is 0. The van der Waals surface area contributed by atoms with Gasteiger partial charge in [0.2, 0.25) is 0 Å². The molecule has 0 spiro atoms. The highest BCUT2D eigenvalue weighted by Gasteiger charge is 2.04. The number of nitrogens with zero attached hydrogens (tertiary/aromatic N) is 2. The highest BCUT2D eigenvalue weighted by molar-refractivity contribution is 5.86. The van der Waals surface area contributed by atoms with E-state index in [9.17, 15) is 9.59 Å². The number of imidazole rings is 1. The van der Waals surface area contributed by atoms with Gasteiger partial charge in [-0.05, 0) is 6.92 Å². The van der Waals surface area contributed by atoms with E-state index in [1.54, 1.807) is 6.92 Å². The van der Waals surface area contributed by atoms with E-state index in [2.05, 4.69) is 16.9 Å². The Morgan fingerprint density at radius 3 is 2.88 bits per heavy atom. The van der Waals surface area contributed by atoms with Crippen molar-refractivity contribution in [2.45, 2.75) is 6.92 Å². The van der Waals surface area contributed by atoms with Crippen molar-refractivity contribution in [2.75, 3.05) is 13.2 Å². The van der Waals surface area contributed by atoms with Crippen LogP contribution < -0.4 is 5.32 Å². The van der Waals surface area contributed by atoms with Gasteiger partial charge in [0.1, 0.15) is 12.9 Å². The molecule has 1 N–H and O–H groups in total. The van der Waals surface area contributed by atoms with Crippen LogP contribution in [0.25, 0.3) is 0 Å². The van der Waals surface area contributed by atoms with Crippen LogP contribution in [0, 0.1) is 0 Å². The first-order chi connectivity index (χ1) is 7.61. The molecule has 0 aliphatic heterocycles. The molecular formula is C10H13N3O3. The van der Waals surface area contributed by atoms with Crippen molar-refractivity contribution in [1.29, 1.82) is 0 Å². The predicted octanol–water partition coefficient (Wildman–Crippen LogP) is 0.560. The van der Waals surface area contributed by atoms with Gasteiger partial charge < -0.3 is 10.1 Å². The molecule has 0 unspecified atom stereocenters. The Morgan fingerprint density at radius 2 is 2.31 bits per heavy atom.